The quantitative estimate of drug-likeness (QED) is 0.613. The lowest BCUT2D eigenvalue weighted by Gasteiger charge is -2.63. The molecule has 1 unspecified atom stereocenters. The first-order chi connectivity index (χ1) is 8.61. The fourth-order valence-corrected chi connectivity index (χ4v) is 4.87. The van der Waals surface area contributed by atoms with Gasteiger partial charge in [-0.1, -0.05) is 20.8 Å². The highest BCUT2D eigenvalue weighted by atomic mass is 16.3. The molecule has 106 valence electrons. The Hall–Kier alpha value is -0.710. The first kappa shape index (κ1) is 13.3. The number of hydrogen-bond acceptors (Lipinski definition) is 4. The summed E-state index contributed by atoms with van der Waals surface area (Å²) in [4.78, 5) is 11.3. The Balaban J connectivity index is 2.20. The van der Waals surface area contributed by atoms with Crippen molar-refractivity contribution in [1.29, 1.82) is 0 Å². The van der Waals surface area contributed by atoms with E-state index < -0.39 is 34.1 Å². The van der Waals surface area contributed by atoms with Gasteiger partial charge < -0.3 is 15.3 Å². The fourth-order valence-electron chi connectivity index (χ4n) is 4.87. The summed E-state index contributed by atoms with van der Waals surface area (Å²) in [6.45, 7) is 5.72. The van der Waals surface area contributed by atoms with Gasteiger partial charge in [-0.25, -0.2) is 0 Å². The van der Waals surface area contributed by atoms with Crippen LogP contribution in [0.4, 0.5) is 0 Å². The third kappa shape index (κ3) is 1.28. The Morgan fingerprint density at radius 2 is 1.89 bits per heavy atom. The molecule has 0 amide bonds. The normalized spacial score (nSPS) is 54.7. The highest BCUT2D eigenvalue weighted by Gasteiger charge is 2.73. The molecule has 0 aromatic rings. The van der Waals surface area contributed by atoms with Crippen molar-refractivity contribution in [2.24, 2.45) is 16.7 Å². The van der Waals surface area contributed by atoms with E-state index in [4.69, 9.17) is 0 Å². The van der Waals surface area contributed by atoms with E-state index in [0.29, 0.717) is 19.1 Å². The zero-order valence-electron chi connectivity index (χ0n) is 11.7. The number of carbonyl (C=O) groups is 1. The maximum atomic E-state index is 11.3. The standard InChI is InChI=1S/C15H22O4/c1-12(2)8-14(18)6-9(7-16)15(19)5-4-13(15,3)10(14)11(12)17/h6-7,10-11,17-19H,4-5,8H2,1-3H3/t10?,11-,13-,14+,15-/m1/s1. The molecule has 3 aliphatic rings. The molecule has 3 N–H and O–H groups in total. The van der Waals surface area contributed by atoms with Crippen LogP contribution in [0.3, 0.4) is 0 Å². The van der Waals surface area contributed by atoms with Gasteiger partial charge in [-0.3, -0.25) is 4.79 Å². The Labute approximate surface area is 113 Å². The van der Waals surface area contributed by atoms with Crippen molar-refractivity contribution in [3.8, 4) is 0 Å². The van der Waals surface area contributed by atoms with Crippen LogP contribution in [0, 0.1) is 16.7 Å². The van der Waals surface area contributed by atoms with Gasteiger partial charge in [-0.2, -0.15) is 0 Å². The second-order valence-electron chi connectivity index (χ2n) is 7.57. The summed E-state index contributed by atoms with van der Waals surface area (Å²) in [6.07, 6.45) is 3.13. The van der Waals surface area contributed by atoms with Gasteiger partial charge in [0.2, 0.25) is 0 Å². The Kier molecular flexibility index (Phi) is 2.31. The third-order valence-electron chi connectivity index (χ3n) is 6.04. The minimum atomic E-state index is -1.19. The molecule has 0 saturated heterocycles. The summed E-state index contributed by atoms with van der Waals surface area (Å²) >= 11 is 0. The summed E-state index contributed by atoms with van der Waals surface area (Å²) in [6, 6.07) is 0. The number of fused-ring (bicyclic) bond motifs is 3. The van der Waals surface area contributed by atoms with Gasteiger partial charge >= 0.3 is 0 Å². The molecule has 4 heteroatoms. The van der Waals surface area contributed by atoms with E-state index in [9.17, 15) is 20.1 Å². The van der Waals surface area contributed by atoms with Crippen LogP contribution in [0.2, 0.25) is 0 Å². The van der Waals surface area contributed by atoms with Crippen LogP contribution < -0.4 is 0 Å². The molecule has 2 fully saturated rings. The third-order valence-corrected chi connectivity index (χ3v) is 6.04. The van der Waals surface area contributed by atoms with Gasteiger partial charge in [-0.05, 0) is 30.8 Å². The predicted molar refractivity (Wildman–Crippen MR) is 69.3 cm³/mol. The maximum absolute atomic E-state index is 11.3. The average molecular weight is 266 g/mol. The fraction of sp³-hybridized carbons (Fsp3) is 0.800. The van der Waals surface area contributed by atoms with Crippen molar-refractivity contribution in [2.45, 2.75) is 57.3 Å². The SMILES string of the molecule is CC1(C)C[C@@]2(O)C=C(C=O)[C@]3(O)CC[C@]3(C)C2[C@H]1O. The molecule has 0 spiro atoms. The minimum absolute atomic E-state index is 0.282. The van der Waals surface area contributed by atoms with Crippen LogP contribution in [0.1, 0.15) is 40.0 Å². The highest BCUT2D eigenvalue weighted by molar-refractivity contribution is 5.79. The van der Waals surface area contributed by atoms with Crippen molar-refractivity contribution in [2.75, 3.05) is 0 Å². The molecule has 5 atom stereocenters. The van der Waals surface area contributed by atoms with Crippen molar-refractivity contribution in [3.63, 3.8) is 0 Å². The number of aldehydes is 1. The zero-order valence-corrected chi connectivity index (χ0v) is 11.7. The van der Waals surface area contributed by atoms with E-state index in [1.807, 2.05) is 20.8 Å². The highest BCUT2D eigenvalue weighted by Crippen LogP contribution is 2.68. The number of carbonyl (C=O) groups excluding carboxylic acids is 1. The molecular formula is C15H22O4. The van der Waals surface area contributed by atoms with Crippen LogP contribution in [-0.2, 0) is 4.79 Å². The Morgan fingerprint density at radius 1 is 1.26 bits per heavy atom. The van der Waals surface area contributed by atoms with Crippen molar-refractivity contribution >= 4 is 6.29 Å². The van der Waals surface area contributed by atoms with Crippen molar-refractivity contribution in [1.82, 2.24) is 0 Å². The molecule has 3 rings (SSSR count). The lowest BCUT2D eigenvalue weighted by Crippen LogP contribution is -2.68. The van der Waals surface area contributed by atoms with Crippen molar-refractivity contribution in [3.05, 3.63) is 11.6 Å². The molecule has 2 saturated carbocycles. The molecule has 0 heterocycles. The smallest absolute Gasteiger partial charge is 0.148 e. The Morgan fingerprint density at radius 3 is 2.37 bits per heavy atom. The lowest BCUT2D eigenvalue weighted by molar-refractivity contribution is -0.218. The topological polar surface area (TPSA) is 77.8 Å². The van der Waals surface area contributed by atoms with E-state index in [1.165, 1.54) is 6.08 Å². The molecule has 0 aromatic carbocycles. The molecular weight excluding hydrogens is 244 g/mol. The molecule has 0 bridgehead atoms. The summed E-state index contributed by atoms with van der Waals surface area (Å²) in [7, 11) is 0. The minimum Gasteiger partial charge on any atom is -0.392 e. The van der Waals surface area contributed by atoms with Crippen LogP contribution in [-0.4, -0.2) is 38.9 Å². The summed E-state index contributed by atoms with van der Waals surface area (Å²) in [5.74, 6) is -0.419. The molecule has 0 radical (unpaired) electrons. The van der Waals surface area contributed by atoms with Gasteiger partial charge in [0.25, 0.3) is 0 Å². The van der Waals surface area contributed by atoms with Gasteiger partial charge in [0.15, 0.2) is 0 Å². The number of hydrogen-bond donors (Lipinski definition) is 3. The van der Waals surface area contributed by atoms with Gasteiger partial charge in [-0.15, -0.1) is 0 Å². The van der Waals surface area contributed by atoms with E-state index in [0.717, 1.165) is 6.42 Å². The second kappa shape index (κ2) is 3.30. The van der Waals surface area contributed by atoms with E-state index in [1.54, 1.807) is 0 Å². The van der Waals surface area contributed by atoms with Crippen LogP contribution in [0.5, 0.6) is 0 Å². The summed E-state index contributed by atoms with van der Waals surface area (Å²) in [5.41, 5.74) is -3.15. The molecule has 3 aliphatic carbocycles. The van der Waals surface area contributed by atoms with Crippen molar-refractivity contribution < 1.29 is 20.1 Å². The van der Waals surface area contributed by atoms with E-state index in [-0.39, 0.29) is 5.57 Å². The molecule has 4 nitrogen and oxygen atoms in total. The molecule has 19 heavy (non-hydrogen) atoms. The zero-order chi connectivity index (χ0) is 14.3. The van der Waals surface area contributed by atoms with Crippen LogP contribution >= 0.6 is 0 Å². The monoisotopic (exact) mass is 266 g/mol. The largest absolute Gasteiger partial charge is 0.392 e. The van der Waals surface area contributed by atoms with Crippen LogP contribution in [0.25, 0.3) is 0 Å². The first-order valence-electron chi connectivity index (χ1n) is 6.92. The number of aliphatic hydroxyl groups is 3. The average Bonchev–Trinajstić information content (AvgIpc) is 2.49. The lowest BCUT2D eigenvalue weighted by atomic mass is 9.44. The van der Waals surface area contributed by atoms with Gasteiger partial charge in [0.1, 0.15) is 6.29 Å². The van der Waals surface area contributed by atoms with E-state index in [2.05, 4.69) is 0 Å². The summed E-state index contributed by atoms with van der Waals surface area (Å²) < 4.78 is 0. The second-order valence-corrected chi connectivity index (χ2v) is 7.57. The van der Waals surface area contributed by atoms with Crippen LogP contribution in [0.15, 0.2) is 11.6 Å². The van der Waals surface area contributed by atoms with E-state index >= 15 is 0 Å². The first-order valence-corrected chi connectivity index (χ1v) is 6.92. The number of rotatable bonds is 1. The maximum Gasteiger partial charge on any atom is 0.148 e. The predicted octanol–water partition coefficient (Wildman–Crippen LogP) is 0.795. The number of aliphatic hydroxyl groups excluding tert-OH is 1. The van der Waals surface area contributed by atoms with Gasteiger partial charge in [0.05, 0.1) is 17.3 Å². The molecule has 0 aromatic heterocycles. The molecule has 0 aliphatic heterocycles. The van der Waals surface area contributed by atoms with Gasteiger partial charge in [0, 0.05) is 16.9 Å². The summed E-state index contributed by atoms with van der Waals surface area (Å²) in [5, 5.41) is 32.3. The Bertz CT molecular complexity index is 483.